The fraction of sp³-hybridized carbons (Fsp3) is 0.263. The summed E-state index contributed by atoms with van der Waals surface area (Å²) in [6.07, 6.45) is 0.646. The standard InChI is InChI=1S/C19H18N2O2/c1-19(2)11-16(21-18(22)14-6-4-3-5-7-14)15-10-13(12-20)8-9-17(15)23-19/h3-10,16H,11H2,1-2H3,(H,21,22). The van der Waals surface area contributed by atoms with Crippen LogP contribution in [0.3, 0.4) is 0 Å². The Morgan fingerprint density at radius 2 is 2.00 bits per heavy atom. The zero-order valence-electron chi connectivity index (χ0n) is 13.2. The second-order valence-electron chi connectivity index (χ2n) is 6.32. The van der Waals surface area contributed by atoms with E-state index in [2.05, 4.69) is 11.4 Å². The Kier molecular flexibility index (Phi) is 3.79. The molecule has 0 fully saturated rings. The molecule has 0 bridgehead atoms. The highest BCUT2D eigenvalue weighted by Crippen LogP contribution is 2.39. The van der Waals surface area contributed by atoms with Gasteiger partial charge in [0.2, 0.25) is 0 Å². The minimum Gasteiger partial charge on any atom is -0.487 e. The quantitative estimate of drug-likeness (QED) is 0.922. The van der Waals surface area contributed by atoms with Crippen LogP contribution in [0.1, 0.15) is 47.8 Å². The van der Waals surface area contributed by atoms with E-state index in [1.807, 2.05) is 32.0 Å². The number of nitrogens with zero attached hydrogens (tertiary/aromatic N) is 1. The van der Waals surface area contributed by atoms with Gasteiger partial charge < -0.3 is 10.1 Å². The van der Waals surface area contributed by atoms with Crippen LogP contribution in [0.15, 0.2) is 48.5 Å². The molecule has 1 amide bonds. The SMILES string of the molecule is CC1(C)CC(NC(=O)c2ccccc2)c2cc(C#N)ccc2O1. The summed E-state index contributed by atoms with van der Waals surface area (Å²) in [4.78, 5) is 12.5. The Morgan fingerprint density at radius 3 is 2.70 bits per heavy atom. The maximum Gasteiger partial charge on any atom is 0.251 e. The van der Waals surface area contributed by atoms with Crippen LogP contribution in [-0.4, -0.2) is 11.5 Å². The van der Waals surface area contributed by atoms with Gasteiger partial charge in [-0.25, -0.2) is 0 Å². The van der Waals surface area contributed by atoms with Gasteiger partial charge in [-0.15, -0.1) is 0 Å². The summed E-state index contributed by atoms with van der Waals surface area (Å²) in [5.41, 5.74) is 1.66. The molecule has 0 radical (unpaired) electrons. The van der Waals surface area contributed by atoms with Crippen LogP contribution in [0.5, 0.6) is 5.75 Å². The zero-order valence-corrected chi connectivity index (χ0v) is 13.2. The first-order valence-electron chi connectivity index (χ1n) is 7.57. The molecule has 0 spiro atoms. The van der Waals surface area contributed by atoms with Crippen molar-refractivity contribution in [3.05, 3.63) is 65.2 Å². The third-order valence-electron chi connectivity index (χ3n) is 3.94. The highest BCUT2D eigenvalue weighted by atomic mass is 16.5. The van der Waals surface area contributed by atoms with Crippen LogP contribution in [0.2, 0.25) is 0 Å². The number of ether oxygens (including phenoxy) is 1. The fourth-order valence-corrected chi connectivity index (χ4v) is 2.88. The molecule has 3 rings (SSSR count). The molecule has 1 heterocycles. The maximum absolute atomic E-state index is 12.5. The van der Waals surface area contributed by atoms with E-state index in [0.717, 1.165) is 11.3 Å². The van der Waals surface area contributed by atoms with Crippen molar-refractivity contribution in [2.75, 3.05) is 0 Å². The van der Waals surface area contributed by atoms with Gasteiger partial charge in [-0.2, -0.15) is 5.26 Å². The monoisotopic (exact) mass is 306 g/mol. The number of carbonyl (C=O) groups excluding carboxylic acids is 1. The van der Waals surface area contributed by atoms with Crippen LogP contribution < -0.4 is 10.1 Å². The van der Waals surface area contributed by atoms with Crippen molar-refractivity contribution >= 4 is 5.91 Å². The average Bonchev–Trinajstić information content (AvgIpc) is 2.54. The van der Waals surface area contributed by atoms with Gasteiger partial charge in [-0.1, -0.05) is 18.2 Å². The van der Waals surface area contributed by atoms with Gasteiger partial charge in [-0.05, 0) is 44.2 Å². The van der Waals surface area contributed by atoms with Gasteiger partial charge in [0, 0.05) is 17.5 Å². The molecule has 4 nitrogen and oxygen atoms in total. The van der Waals surface area contributed by atoms with Crippen LogP contribution in [0.25, 0.3) is 0 Å². The lowest BCUT2D eigenvalue weighted by Crippen LogP contribution is -2.41. The van der Waals surface area contributed by atoms with Gasteiger partial charge in [0.1, 0.15) is 11.4 Å². The fourth-order valence-electron chi connectivity index (χ4n) is 2.88. The second kappa shape index (κ2) is 5.77. The third-order valence-corrected chi connectivity index (χ3v) is 3.94. The Balaban J connectivity index is 1.93. The largest absolute Gasteiger partial charge is 0.487 e. The van der Waals surface area contributed by atoms with E-state index in [1.165, 1.54) is 0 Å². The summed E-state index contributed by atoms with van der Waals surface area (Å²) in [7, 11) is 0. The molecule has 0 aromatic heterocycles. The van der Waals surface area contributed by atoms with Crippen molar-refractivity contribution in [1.29, 1.82) is 5.26 Å². The Morgan fingerprint density at radius 1 is 1.26 bits per heavy atom. The molecule has 4 heteroatoms. The molecule has 1 atom stereocenters. The third kappa shape index (κ3) is 3.19. The van der Waals surface area contributed by atoms with Gasteiger partial charge in [0.15, 0.2) is 0 Å². The summed E-state index contributed by atoms with van der Waals surface area (Å²) in [6, 6.07) is 16.4. The lowest BCUT2D eigenvalue weighted by atomic mass is 9.88. The average molecular weight is 306 g/mol. The first-order chi connectivity index (χ1) is 11.0. The van der Waals surface area contributed by atoms with E-state index < -0.39 is 0 Å². The predicted molar refractivity (Wildman–Crippen MR) is 87.1 cm³/mol. The molecule has 116 valence electrons. The number of nitriles is 1. The van der Waals surface area contributed by atoms with Crippen molar-refractivity contribution in [2.24, 2.45) is 0 Å². The van der Waals surface area contributed by atoms with Crippen LogP contribution in [0.4, 0.5) is 0 Å². The normalized spacial score (nSPS) is 18.2. The minimum atomic E-state index is -0.379. The number of rotatable bonds is 2. The molecule has 1 unspecified atom stereocenters. The highest BCUT2D eigenvalue weighted by molar-refractivity contribution is 5.94. The van der Waals surface area contributed by atoms with E-state index in [1.54, 1.807) is 30.3 Å². The van der Waals surface area contributed by atoms with Crippen LogP contribution >= 0.6 is 0 Å². The number of hydrogen-bond donors (Lipinski definition) is 1. The smallest absolute Gasteiger partial charge is 0.251 e. The summed E-state index contributed by atoms with van der Waals surface area (Å²) in [6.45, 7) is 3.99. The van der Waals surface area contributed by atoms with Gasteiger partial charge in [-0.3, -0.25) is 4.79 Å². The first-order valence-corrected chi connectivity index (χ1v) is 7.57. The number of hydrogen-bond acceptors (Lipinski definition) is 3. The highest BCUT2D eigenvalue weighted by Gasteiger charge is 2.34. The van der Waals surface area contributed by atoms with E-state index in [-0.39, 0.29) is 17.6 Å². The van der Waals surface area contributed by atoms with Crippen molar-refractivity contribution in [3.8, 4) is 11.8 Å². The lowest BCUT2D eigenvalue weighted by molar-refractivity contribution is 0.0619. The molecular formula is C19H18N2O2. The molecule has 0 saturated carbocycles. The predicted octanol–water partition coefficient (Wildman–Crippen LogP) is 3.59. The molecule has 1 aliphatic heterocycles. The maximum atomic E-state index is 12.5. The summed E-state index contributed by atoms with van der Waals surface area (Å²) in [5.74, 6) is 0.597. The summed E-state index contributed by atoms with van der Waals surface area (Å²) in [5, 5.41) is 12.2. The Bertz CT molecular complexity index is 776. The molecular weight excluding hydrogens is 288 g/mol. The molecule has 2 aromatic carbocycles. The number of carbonyl (C=O) groups is 1. The van der Waals surface area contributed by atoms with Crippen molar-refractivity contribution in [3.63, 3.8) is 0 Å². The van der Waals surface area contributed by atoms with E-state index in [0.29, 0.717) is 17.5 Å². The number of amides is 1. The molecule has 23 heavy (non-hydrogen) atoms. The van der Waals surface area contributed by atoms with Crippen molar-refractivity contribution in [1.82, 2.24) is 5.32 Å². The molecule has 0 aliphatic carbocycles. The topological polar surface area (TPSA) is 62.1 Å². The Labute approximate surface area is 135 Å². The van der Waals surface area contributed by atoms with E-state index in [4.69, 9.17) is 10.00 Å². The van der Waals surface area contributed by atoms with Gasteiger partial charge in [0.25, 0.3) is 5.91 Å². The van der Waals surface area contributed by atoms with Crippen molar-refractivity contribution < 1.29 is 9.53 Å². The van der Waals surface area contributed by atoms with Gasteiger partial charge in [0.05, 0.1) is 17.7 Å². The van der Waals surface area contributed by atoms with Crippen molar-refractivity contribution in [2.45, 2.75) is 31.9 Å². The van der Waals surface area contributed by atoms with Gasteiger partial charge >= 0.3 is 0 Å². The molecule has 0 saturated heterocycles. The van der Waals surface area contributed by atoms with E-state index >= 15 is 0 Å². The Hall–Kier alpha value is -2.80. The second-order valence-corrected chi connectivity index (χ2v) is 6.32. The number of nitrogens with one attached hydrogen (secondary N) is 1. The van der Waals surface area contributed by atoms with Crippen LogP contribution in [0, 0.1) is 11.3 Å². The summed E-state index contributed by atoms with van der Waals surface area (Å²) >= 11 is 0. The first kappa shape index (κ1) is 15.1. The zero-order chi connectivity index (χ0) is 16.4. The molecule has 2 aromatic rings. The lowest BCUT2D eigenvalue weighted by Gasteiger charge is -2.38. The molecule has 1 aliphatic rings. The minimum absolute atomic E-state index is 0.124. The summed E-state index contributed by atoms with van der Waals surface area (Å²) < 4.78 is 5.98. The molecule has 1 N–H and O–H groups in total. The van der Waals surface area contributed by atoms with E-state index in [9.17, 15) is 4.79 Å². The van der Waals surface area contributed by atoms with Crippen LogP contribution in [-0.2, 0) is 0 Å². The number of benzene rings is 2. The number of fused-ring (bicyclic) bond motifs is 1.